The Bertz CT molecular complexity index is 778. The van der Waals surface area contributed by atoms with Gasteiger partial charge in [-0.25, -0.2) is 4.98 Å². The van der Waals surface area contributed by atoms with Crippen molar-refractivity contribution in [3.63, 3.8) is 0 Å². The number of piperazine rings is 1. The number of carboxylic acid groups (broad SMARTS) is 1. The van der Waals surface area contributed by atoms with Crippen LogP contribution in [0.5, 0.6) is 0 Å². The Morgan fingerprint density at radius 1 is 1.22 bits per heavy atom. The molecule has 3 rings (SSSR count). The van der Waals surface area contributed by atoms with Gasteiger partial charge in [-0.2, -0.15) is 0 Å². The van der Waals surface area contributed by atoms with Gasteiger partial charge in [0.15, 0.2) is 0 Å². The van der Waals surface area contributed by atoms with Crippen LogP contribution >= 0.6 is 0 Å². The molecule has 23 heavy (non-hydrogen) atoms. The summed E-state index contributed by atoms with van der Waals surface area (Å²) in [6, 6.07) is 7.06. The van der Waals surface area contributed by atoms with Crippen LogP contribution in [0.15, 0.2) is 29.1 Å². The summed E-state index contributed by atoms with van der Waals surface area (Å²) in [4.78, 5) is 32.7. The summed E-state index contributed by atoms with van der Waals surface area (Å²) in [7, 11) is 0. The highest BCUT2D eigenvalue weighted by Crippen LogP contribution is 2.17. The number of aliphatic carboxylic acids is 1. The molecular formula is C16H20N4O3. The highest BCUT2D eigenvalue weighted by molar-refractivity contribution is 5.79. The van der Waals surface area contributed by atoms with Gasteiger partial charge in [-0.3, -0.25) is 14.2 Å². The number of carboxylic acids is 1. The summed E-state index contributed by atoms with van der Waals surface area (Å²) in [5.74, 6) is -0.593. The molecular weight excluding hydrogens is 296 g/mol. The SMILES string of the molecule is CCN1CCN(c2nc3ccccc3c(=O)n2CC(=O)O)CC1. The zero-order chi connectivity index (χ0) is 16.4. The highest BCUT2D eigenvalue weighted by atomic mass is 16.4. The van der Waals surface area contributed by atoms with E-state index in [1.807, 2.05) is 11.0 Å². The number of hydrogen-bond donors (Lipinski definition) is 1. The zero-order valence-electron chi connectivity index (χ0n) is 13.1. The molecule has 122 valence electrons. The summed E-state index contributed by atoms with van der Waals surface area (Å²) in [5.41, 5.74) is 0.304. The molecule has 0 bridgehead atoms. The number of benzene rings is 1. The minimum Gasteiger partial charge on any atom is -0.480 e. The number of para-hydroxylation sites is 1. The zero-order valence-corrected chi connectivity index (χ0v) is 13.1. The number of rotatable bonds is 4. The van der Waals surface area contributed by atoms with E-state index in [1.165, 1.54) is 4.57 Å². The Labute approximate surface area is 133 Å². The van der Waals surface area contributed by atoms with Crippen molar-refractivity contribution in [3.8, 4) is 0 Å². The van der Waals surface area contributed by atoms with Gasteiger partial charge in [-0.1, -0.05) is 19.1 Å². The maximum absolute atomic E-state index is 12.7. The third kappa shape index (κ3) is 3.05. The first kappa shape index (κ1) is 15.5. The Kier molecular flexibility index (Phi) is 4.29. The monoisotopic (exact) mass is 316 g/mol. The smallest absolute Gasteiger partial charge is 0.323 e. The minimum atomic E-state index is -1.04. The van der Waals surface area contributed by atoms with Gasteiger partial charge in [0, 0.05) is 26.2 Å². The molecule has 1 aliphatic rings. The van der Waals surface area contributed by atoms with Crippen molar-refractivity contribution in [2.75, 3.05) is 37.6 Å². The average molecular weight is 316 g/mol. The molecule has 2 heterocycles. The molecule has 1 saturated heterocycles. The maximum Gasteiger partial charge on any atom is 0.323 e. The molecule has 1 aliphatic heterocycles. The van der Waals surface area contributed by atoms with Crippen LogP contribution in [0.25, 0.3) is 10.9 Å². The normalized spacial score (nSPS) is 16.0. The lowest BCUT2D eigenvalue weighted by molar-refractivity contribution is -0.137. The highest BCUT2D eigenvalue weighted by Gasteiger charge is 2.22. The Morgan fingerprint density at radius 2 is 1.91 bits per heavy atom. The Balaban J connectivity index is 2.07. The fourth-order valence-electron chi connectivity index (χ4n) is 2.94. The van der Waals surface area contributed by atoms with Gasteiger partial charge in [-0.05, 0) is 18.7 Å². The van der Waals surface area contributed by atoms with Crippen LogP contribution in [0.3, 0.4) is 0 Å². The van der Waals surface area contributed by atoms with E-state index in [0.717, 1.165) is 32.7 Å². The van der Waals surface area contributed by atoms with Crippen LogP contribution < -0.4 is 10.5 Å². The topological polar surface area (TPSA) is 78.7 Å². The minimum absolute atomic E-state index is 0.300. The summed E-state index contributed by atoms with van der Waals surface area (Å²) >= 11 is 0. The number of hydrogen-bond acceptors (Lipinski definition) is 5. The van der Waals surface area contributed by atoms with Crippen molar-refractivity contribution in [2.24, 2.45) is 0 Å². The third-order valence-electron chi connectivity index (χ3n) is 4.24. The lowest BCUT2D eigenvalue weighted by Gasteiger charge is -2.35. The molecule has 0 saturated carbocycles. The van der Waals surface area contributed by atoms with Crippen LogP contribution in [0.2, 0.25) is 0 Å². The van der Waals surface area contributed by atoms with E-state index < -0.39 is 5.97 Å². The largest absolute Gasteiger partial charge is 0.480 e. The molecule has 1 fully saturated rings. The van der Waals surface area contributed by atoms with Crippen LogP contribution in [0.4, 0.5) is 5.95 Å². The molecule has 1 aromatic carbocycles. The molecule has 0 atom stereocenters. The molecule has 7 heteroatoms. The molecule has 1 N–H and O–H groups in total. The number of anilines is 1. The van der Waals surface area contributed by atoms with Crippen LogP contribution in [-0.2, 0) is 11.3 Å². The average Bonchev–Trinajstić information content (AvgIpc) is 2.57. The lowest BCUT2D eigenvalue weighted by atomic mass is 10.2. The van der Waals surface area contributed by atoms with Crippen LogP contribution in [0.1, 0.15) is 6.92 Å². The number of likely N-dealkylation sites (N-methyl/N-ethyl adjacent to an activating group) is 1. The number of fused-ring (bicyclic) bond motifs is 1. The van der Waals surface area contributed by atoms with E-state index in [9.17, 15) is 9.59 Å². The second-order valence-electron chi connectivity index (χ2n) is 5.64. The quantitative estimate of drug-likeness (QED) is 0.891. The molecule has 0 radical (unpaired) electrons. The number of carbonyl (C=O) groups is 1. The van der Waals surface area contributed by atoms with Crippen molar-refractivity contribution in [3.05, 3.63) is 34.6 Å². The summed E-state index contributed by atoms with van der Waals surface area (Å²) in [6.45, 7) is 5.96. The predicted octanol–water partition coefficient (Wildman–Crippen LogP) is 0.623. The first-order chi connectivity index (χ1) is 11.1. The molecule has 0 amide bonds. The molecule has 0 unspecified atom stereocenters. The summed E-state index contributed by atoms with van der Waals surface area (Å²) in [5, 5.41) is 9.60. The van der Waals surface area contributed by atoms with E-state index in [4.69, 9.17) is 5.11 Å². The molecule has 1 aromatic heterocycles. The fourth-order valence-corrected chi connectivity index (χ4v) is 2.94. The van der Waals surface area contributed by atoms with Crippen molar-refractivity contribution in [1.82, 2.24) is 14.5 Å². The molecule has 7 nitrogen and oxygen atoms in total. The summed E-state index contributed by atoms with van der Waals surface area (Å²) in [6.07, 6.45) is 0. The molecule has 0 spiro atoms. The van der Waals surface area contributed by atoms with Crippen LogP contribution in [0, 0.1) is 0 Å². The van der Waals surface area contributed by atoms with Crippen molar-refractivity contribution >= 4 is 22.8 Å². The van der Waals surface area contributed by atoms with Crippen molar-refractivity contribution < 1.29 is 9.90 Å². The Hall–Kier alpha value is -2.41. The maximum atomic E-state index is 12.7. The van der Waals surface area contributed by atoms with E-state index >= 15 is 0 Å². The summed E-state index contributed by atoms with van der Waals surface area (Å²) < 4.78 is 1.27. The van der Waals surface area contributed by atoms with Crippen LogP contribution in [-0.4, -0.2) is 58.3 Å². The second kappa shape index (κ2) is 6.37. The molecule has 0 aliphatic carbocycles. The Morgan fingerprint density at radius 3 is 2.57 bits per heavy atom. The molecule has 2 aromatic rings. The second-order valence-corrected chi connectivity index (χ2v) is 5.64. The van der Waals surface area contributed by atoms with Gasteiger partial charge in [0.05, 0.1) is 10.9 Å². The van der Waals surface area contributed by atoms with Gasteiger partial charge in [0.2, 0.25) is 5.95 Å². The van der Waals surface area contributed by atoms with Gasteiger partial charge >= 0.3 is 5.97 Å². The first-order valence-electron chi connectivity index (χ1n) is 7.79. The van der Waals surface area contributed by atoms with Crippen molar-refractivity contribution in [1.29, 1.82) is 0 Å². The number of aromatic nitrogens is 2. The van der Waals surface area contributed by atoms with Gasteiger partial charge < -0.3 is 14.9 Å². The van der Waals surface area contributed by atoms with E-state index in [0.29, 0.717) is 16.9 Å². The van der Waals surface area contributed by atoms with E-state index in [2.05, 4.69) is 16.8 Å². The lowest BCUT2D eigenvalue weighted by Crippen LogP contribution is -2.48. The van der Waals surface area contributed by atoms with Gasteiger partial charge in [0.1, 0.15) is 6.54 Å². The fraction of sp³-hybridized carbons (Fsp3) is 0.438. The third-order valence-corrected chi connectivity index (χ3v) is 4.24. The predicted molar refractivity (Wildman–Crippen MR) is 88.0 cm³/mol. The van der Waals surface area contributed by atoms with E-state index in [1.54, 1.807) is 18.2 Å². The van der Waals surface area contributed by atoms with E-state index in [-0.39, 0.29) is 12.1 Å². The number of nitrogens with zero attached hydrogens (tertiary/aromatic N) is 4. The van der Waals surface area contributed by atoms with Gasteiger partial charge in [0.25, 0.3) is 5.56 Å². The first-order valence-corrected chi connectivity index (χ1v) is 7.79. The standard InChI is InChI=1S/C16H20N4O3/c1-2-18-7-9-19(10-8-18)16-17-13-6-4-3-5-12(13)15(23)20(16)11-14(21)22/h3-6H,2,7-11H2,1H3,(H,21,22). The van der Waals surface area contributed by atoms with Gasteiger partial charge in [-0.15, -0.1) is 0 Å². The van der Waals surface area contributed by atoms with Crippen molar-refractivity contribution in [2.45, 2.75) is 13.5 Å².